The molecule has 2 nitrogen and oxygen atoms in total. The van der Waals surface area contributed by atoms with Crippen molar-refractivity contribution < 1.29 is 9.64 Å². The summed E-state index contributed by atoms with van der Waals surface area (Å²) in [6, 6.07) is 8.60. The van der Waals surface area contributed by atoms with E-state index in [0.717, 1.165) is 25.3 Å². The fourth-order valence-corrected chi connectivity index (χ4v) is 2.12. The summed E-state index contributed by atoms with van der Waals surface area (Å²) in [5, 5.41) is 0. The molecule has 0 radical (unpaired) electrons. The molecule has 0 amide bonds. The minimum Gasteiger partial charge on any atom is -0.488 e. The van der Waals surface area contributed by atoms with Gasteiger partial charge in [-0.1, -0.05) is 32.9 Å². The molecule has 0 spiro atoms. The monoisotopic (exact) mass is 264 g/mol. The number of quaternary nitrogens is 1. The summed E-state index contributed by atoms with van der Waals surface area (Å²) in [6.07, 6.45) is 1.15. The van der Waals surface area contributed by atoms with Crippen LogP contribution in [0.5, 0.6) is 5.75 Å². The first-order chi connectivity index (χ1) is 9.03. The van der Waals surface area contributed by atoms with Crippen molar-refractivity contribution in [1.29, 1.82) is 0 Å². The Balaban J connectivity index is 2.49. The summed E-state index contributed by atoms with van der Waals surface area (Å²) in [7, 11) is 0. The number of rotatable bonds is 8. The predicted octanol–water partition coefficient (Wildman–Crippen LogP) is 2.68. The molecule has 1 aromatic rings. The molecule has 0 saturated carbocycles. The van der Waals surface area contributed by atoms with Crippen LogP contribution in [0.4, 0.5) is 0 Å². The van der Waals surface area contributed by atoms with Crippen LogP contribution in [0.2, 0.25) is 0 Å². The summed E-state index contributed by atoms with van der Waals surface area (Å²) in [6.45, 7) is 15.5. The molecular formula is C17H30NO+. The van der Waals surface area contributed by atoms with E-state index in [4.69, 9.17) is 4.74 Å². The molecule has 1 rings (SSSR count). The van der Waals surface area contributed by atoms with Crippen molar-refractivity contribution in [3.63, 3.8) is 0 Å². The topological polar surface area (TPSA) is 13.7 Å². The molecule has 0 aromatic heterocycles. The zero-order chi connectivity index (χ0) is 14.3. The lowest BCUT2D eigenvalue weighted by atomic mass is 9.82. The van der Waals surface area contributed by atoms with Gasteiger partial charge in [-0.2, -0.15) is 0 Å². The van der Waals surface area contributed by atoms with Crippen LogP contribution < -0.4 is 9.64 Å². The first kappa shape index (κ1) is 16.0. The molecule has 2 heteroatoms. The number of hydrogen-bond acceptors (Lipinski definition) is 1. The second-order valence-electron chi connectivity index (χ2n) is 5.82. The molecular weight excluding hydrogens is 234 g/mol. The van der Waals surface area contributed by atoms with Crippen LogP contribution in [0.25, 0.3) is 0 Å². The highest BCUT2D eigenvalue weighted by atomic mass is 16.5. The van der Waals surface area contributed by atoms with Crippen molar-refractivity contribution >= 4 is 0 Å². The van der Waals surface area contributed by atoms with Gasteiger partial charge in [-0.15, -0.1) is 0 Å². The lowest BCUT2D eigenvalue weighted by Crippen LogP contribution is -3.12. The zero-order valence-corrected chi connectivity index (χ0v) is 13.3. The van der Waals surface area contributed by atoms with Gasteiger partial charge in [-0.3, -0.25) is 0 Å². The third kappa shape index (κ3) is 4.87. The van der Waals surface area contributed by atoms with E-state index in [1.165, 1.54) is 18.7 Å². The molecule has 0 unspecified atom stereocenters. The molecule has 1 N–H and O–H groups in total. The summed E-state index contributed by atoms with van der Waals surface area (Å²) in [5.41, 5.74) is 1.64. The minimum absolute atomic E-state index is 0.254. The second-order valence-corrected chi connectivity index (χ2v) is 5.82. The smallest absolute Gasteiger partial charge is 0.137 e. The Hall–Kier alpha value is -1.02. The van der Waals surface area contributed by atoms with Crippen molar-refractivity contribution in [2.75, 3.05) is 26.2 Å². The maximum atomic E-state index is 5.82. The first-order valence-electron chi connectivity index (χ1n) is 7.60. The lowest BCUT2D eigenvalue weighted by Gasteiger charge is -2.23. The summed E-state index contributed by atoms with van der Waals surface area (Å²) < 4.78 is 5.82. The molecule has 108 valence electrons. The van der Waals surface area contributed by atoms with Gasteiger partial charge >= 0.3 is 0 Å². The highest BCUT2D eigenvalue weighted by molar-refractivity contribution is 5.31. The van der Waals surface area contributed by atoms with Gasteiger partial charge in [-0.25, -0.2) is 0 Å². The van der Waals surface area contributed by atoms with E-state index in [1.807, 2.05) is 0 Å². The Labute approximate surface area is 118 Å². The average molecular weight is 264 g/mol. The van der Waals surface area contributed by atoms with Crippen LogP contribution in [-0.2, 0) is 5.41 Å². The summed E-state index contributed by atoms with van der Waals surface area (Å²) >= 11 is 0. The van der Waals surface area contributed by atoms with Gasteiger partial charge in [0.2, 0.25) is 0 Å². The number of hydrogen-bond donors (Lipinski definition) is 1. The molecule has 0 saturated heterocycles. The Morgan fingerprint density at radius 2 is 1.58 bits per heavy atom. The molecule has 1 aromatic carbocycles. The van der Waals surface area contributed by atoms with Crippen molar-refractivity contribution in [2.24, 2.45) is 0 Å². The van der Waals surface area contributed by atoms with Crippen LogP contribution in [0.1, 0.15) is 46.6 Å². The number of nitrogens with one attached hydrogen (secondary N) is 1. The third-order valence-electron chi connectivity index (χ3n) is 4.24. The minimum atomic E-state index is 0.254. The third-order valence-corrected chi connectivity index (χ3v) is 4.24. The van der Waals surface area contributed by atoms with Crippen LogP contribution in [-0.4, -0.2) is 26.2 Å². The van der Waals surface area contributed by atoms with Crippen LogP contribution in [0.3, 0.4) is 0 Å². The number of ether oxygens (including phenoxy) is 1. The van der Waals surface area contributed by atoms with E-state index in [-0.39, 0.29) is 5.41 Å². The van der Waals surface area contributed by atoms with Gasteiger partial charge in [-0.05, 0) is 43.4 Å². The lowest BCUT2D eigenvalue weighted by molar-refractivity contribution is -0.896. The Morgan fingerprint density at radius 3 is 2.05 bits per heavy atom. The Bertz CT molecular complexity index is 352. The molecule has 0 aliphatic heterocycles. The molecule has 0 fully saturated rings. The van der Waals surface area contributed by atoms with Crippen molar-refractivity contribution in [3.05, 3.63) is 29.8 Å². The normalized spacial score (nSPS) is 11.9. The van der Waals surface area contributed by atoms with E-state index in [1.54, 1.807) is 4.90 Å². The van der Waals surface area contributed by atoms with Gasteiger partial charge in [0.25, 0.3) is 0 Å². The fourth-order valence-electron chi connectivity index (χ4n) is 2.12. The van der Waals surface area contributed by atoms with Gasteiger partial charge < -0.3 is 9.64 Å². The van der Waals surface area contributed by atoms with Gasteiger partial charge in [0, 0.05) is 0 Å². The van der Waals surface area contributed by atoms with Crippen molar-refractivity contribution in [2.45, 2.75) is 46.5 Å². The Kier molecular flexibility index (Phi) is 6.36. The number of likely N-dealkylation sites (N-methyl/N-ethyl adjacent to an activating group) is 1. The van der Waals surface area contributed by atoms with E-state index in [0.29, 0.717) is 0 Å². The molecule has 0 atom stereocenters. The second kappa shape index (κ2) is 7.54. The van der Waals surface area contributed by atoms with Crippen LogP contribution >= 0.6 is 0 Å². The van der Waals surface area contributed by atoms with Crippen LogP contribution in [0, 0.1) is 0 Å². The Morgan fingerprint density at radius 1 is 1.00 bits per heavy atom. The number of benzene rings is 1. The molecule has 0 aliphatic rings. The summed E-state index contributed by atoms with van der Waals surface area (Å²) in [5.74, 6) is 0.988. The van der Waals surface area contributed by atoms with E-state index < -0.39 is 0 Å². The standard InChI is InChI=1S/C17H29NO/c1-6-17(4,5)15-9-11-16(12-10-15)19-14-13-18(7-2)8-3/h9-12H,6-8,13-14H2,1-5H3/p+1. The quantitative estimate of drug-likeness (QED) is 0.762. The first-order valence-corrected chi connectivity index (χ1v) is 7.60. The zero-order valence-electron chi connectivity index (χ0n) is 13.3. The van der Waals surface area contributed by atoms with Crippen molar-refractivity contribution in [1.82, 2.24) is 0 Å². The van der Waals surface area contributed by atoms with Gasteiger partial charge in [0.05, 0.1) is 13.1 Å². The molecule has 0 aliphatic carbocycles. The molecule has 0 bridgehead atoms. The van der Waals surface area contributed by atoms with E-state index >= 15 is 0 Å². The van der Waals surface area contributed by atoms with E-state index in [9.17, 15) is 0 Å². The highest BCUT2D eigenvalue weighted by Gasteiger charge is 2.17. The van der Waals surface area contributed by atoms with E-state index in [2.05, 4.69) is 58.9 Å². The molecule has 19 heavy (non-hydrogen) atoms. The SMILES string of the molecule is CC[NH+](CC)CCOc1ccc(C(C)(C)CC)cc1. The predicted molar refractivity (Wildman–Crippen MR) is 82.2 cm³/mol. The van der Waals surface area contributed by atoms with Crippen LogP contribution in [0.15, 0.2) is 24.3 Å². The highest BCUT2D eigenvalue weighted by Crippen LogP contribution is 2.27. The van der Waals surface area contributed by atoms with Crippen molar-refractivity contribution in [3.8, 4) is 5.75 Å². The largest absolute Gasteiger partial charge is 0.488 e. The summed E-state index contributed by atoms with van der Waals surface area (Å²) in [4.78, 5) is 1.59. The van der Waals surface area contributed by atoms with Gasteiger partial charge in [0.1, 0.15) is 18.9 Å². The maximum absolute atomic E-state index is 5.82. The fraction of sp³-hybridized carbons (Fsp3) is 0.647. The average Bonchev–Trinajstić information content (AvgIpc) is 2.44. The van der Waals surface area contributed by atoms with Gasteiger partial charge in [0.15, 0.2) is 0 Å². The maximum Gasteiger partial charge on any atom is 0.137 e. The molecule has 0 heterocycles.